The Morgan fingerprint density at radius 2 is 1.27 bits per heavy atom. The third-order valence-corrected chi connectivity index (χ3v) is 3.60. The Bertz CT molecular complexity index is 943. The van der Waals surface area contributed by atoms with Crippen molar-refractivity contribution in [3.05, 3.63) is 47.5 Å². The number of nitrogens with zero attached hydrogens (tertiary/aromatic N) is 6. The van der Waals surface area contributed by atoms with Gasteiger partial charge in [-0.1, -0.05) is 22.6 Å². The summed E-state index contributed by atoms with van der Waals surface area (Å²) in [7, 11) is 0. The first kappa shape index (κ1) is 12.6. The van der Waals surface area contributed by atoms with Crippen molar-refractivity contribution < 1.29 is 0 Å². The summed E-state index contributed by atoms with van der Waals surface area (Å²) in [4.78, 5) is 0. The number of hydrogen-bond acceptors (Lipinski definition) is 5. The molecule has 0 fully saturated rings. The highest BCUT2D eigenvalue weighted by molar-refractivity contribution is 5.94. The van der Waals surface area contributed by atoms with E-state index in [0.29, 0.717) is 0 Å². The van der Waals surface area contributed by atoms with E-state index in [-0.39, 0.29) is 5.96 Å². The average Bonchev–Trinajstić information content (AvgIpc) is 3.09. The molecule has 0 atom stereocenters. The van der Waals surface area contributed by atoms with Crippen molar-refractivity contribution in [2.75, 3.05) is 0 Å². The van der Waals surface area contributed by atoms with E-state index in [0.717, 1.165) is 33.2 Å². The van der Waals surface area contributed by atoms with Crippen LogP contribution in [-0.2, 0) is 0 Å². The molecule has 0 saturated heterocycles. The van der Waals surface area contributed by atoms with Gasteiger partial charge in [0.15, 0.2) is 0 Å². The summed E-state index contributed by atoms with van der Waals surface area (Å²) < 4.78 is 2.92. The van der Waals surface area contributed by atoms with E-state index in [1.165, 1.54) is 9.36 Å². The number of benzene rings is 2. The summed E-state index contributed by atoms with van der Waals surface area (Å²) >= 11 is 0. The molecule has 2 aromatic heterocycles. The molecular formula is C15H13N7. The molecule has 7 heteroatoms. The summed E-state index contributed by atoms with van der Waals surface area (Å²) in [5, 5.41) is 24.8. The molecule has 2 aromatic carbocycles. The number of aromatic nitrogens is 6. The smallest absolute Gasteiger partial charge is 0.248 e. The minimum Gasteiger partial charge on any atom is -0.265 e. The third-order valence-electron chi connectivity index (χ3n) is 3.60. The molecule has 4 aromatic rings. The fourth-order valence-electron chi connectivity index (χ4n) is 2.47. The van der Waals surface area contributed by atoms with Crippen LogP contribution < -0.4 is 0 Å². The number of rotatable bonds is 0. The van der Waals surface area contributed by atoms with Gasteiger partial charge in [-0.2, -0.15) is 9.36 Å². The van der Waals surface area contributed by atoms with E-state index in [9.17, 15) is 0 Å². The highest BCUT2D eigenvalue weighted by Crippen LogP contribution is 2.16. The average molecular weight is 291 g/mol. The second kappa shape index (κ2) is 4.45. The Kier molecular flexibility index (Phi) is 2.56. The van der Waals surface area contributed by atoms with Crippen molar-refractivity contribution in [1.82, 2.24) is 30.0 Å². The first-order chi connectivity index (χ1) is 10.6. The second-order valence-corrected chi connectivity index (χ2v) is 5.31. The lowest BCUT2D eigenvalue weighted by molar-refractivity contribution is 0.766. The molecule has 1 N–H and O–H groups in total. The molecule has 108 valence electrons. The predicted octanol–water partition coefficient (Wildman–Crippen LogP) is 2.12. The quantitative estimate of drug-likeness (QED) is 0.397. The molecule has 4 rings (SSSR count). The van der Waals surface area contributed by atoms with Crippen LogP contribution >= 0.6 is 0 Å². The SMILES string of the molecule is Cc1ccc2c(c1)nnn2C(=N)n1nnc2cc(C)ccc21. The van der Waals surface area contributed by atoms with Crippen LogP contribution in [0.1, 0.15) is 11.1 Å². The van der Waals surface area contributed by atoms with Crippen molar-refractivity contribution in [3.8, 4) is 0 Å². The maximum atomic E-state index is 8.40. The summed E-state index contributed by atoms with van der Waals surface area (Å²) in [5.41, 5.74) is 5.26. The van der Waals surface area contributed by atoms with Crippen LogP contribution in [0.15, 0.2) is 36.4 Å². The highest BCUT2D eigenvalue weighted by atomic mass is 15.6. The van der Waals surface area contributed by atoms with Gasteiger partial charge in [-0.25, -0.2) is 0 Å². The molecule has 0 aliphatic carbocycles. The molecule has 0 aliphatic rings. The minimum absolute atomic E-state index is 0.0951. The van der Waals surface area contributed by atoms with Gasteiger partial charge in [-0.15, -0.1) is 10.2 Å². The van der Waals surface area contributed by atoms with Crippen molar-refractivity contribution in [2.45, 2.75) is 13.8 Å². The summed E-state index contributed by atoms with van der Waals surface area (Å²) in [5.74, 6) is 0.0951. The van der Waals surface area contributed by atoms with E-state index in [1.54, 1.807) is 0 Å². The van der Waals surface area contributed by atoms with Gasteiger partial charge < -0.3 is 0 Å². The molecule has 0 amide bonds. The molecular weight excluding hydrogens is 278 g/mol. The first-order valence-electron chi connectivity index (χ1n) is 6.87. The van der Waals surface area contributed by atoms with Crippen LogP contribution in [0.25, 0.3) is 22.1 Å². The zero-order valence-corrected chi connectivity index (χ0v) is 12.1. The normalized spacial score (nSPS) is 11.4. The van der Waals surface area contributed by atoms with Gasteiger partial charge in [0, 0.05) is 0 Å². The molecule has 7 nitrogen and oxygen atoms in total. The van der Waals surface area contributed by atoms with Gasteiger partial charge in [-0.3, -0.25) is 5.41 Å². The lowest BCUT2D eigenvalue weighted by Crippen LogP contribution is -2.22. The lowest BCUT2D eigenvalue weighted by atomic mass is 10.2. The van der Waals surface area contributed by atoms with Crippen molar-refractivity contribution in [3.63, 3.8) is 0 Å². The van der Waals surface area contributed by atoms with Crippen LogP contribution in [0.5, 0.6) is 0 Å². The van der Waals surface area contributed by atoms with Gasteiger partial charge in [0.1, 0.15) is 11.0 Å². The molecule has 0 spiro atoms. The Morgan fingerprint density at radius 3 is 1.73 bits per heavy atom. The maximum absolute atomic E-state index is 8.40. The largest absolute Gasteiger partial charge is 0.265 e. The molecule has 2 heterocycles. The van der Waals surface area contributed by atoms with Crippen LogP contribution in [0.4, 0.5) is 0 Å². The number of fused-ring (bicyclic) bond motifs is 2. The third kappa shape index (κ3) is 1.79. The number of aryl methyl sites for hydroxylation is 2. The predicted molar refractivity (Wildman–Crippen MR) is 83.1 cm³/mol. The summed E-state index contributed by atoms with van der Waals surface area (Å²) in [6.07, 6.45) is 0. The van der Waals surface area contributed by atoms with Gasteiger partial charge in [0.05, 0.1) is 11.0 Å². The van der Waals surface area contributed by atoms with E-state index in [2.05, 4.69) is 20.6 Å². The fourth-order valence-corrected chi connectivity index (χ4v) is 2.47. The van der Waals surface area contributed by atoms with E-state index < -0.39 is 0 Å². The van der Waals surface area contributed by atoms with E-state index in [1.807, 2.05) is 50.2 Å². The summed E-state index contributed by atoms with van der Waals surface area (Å²) in [6, 6.07) is 11.6. The van der Waals surface area contributed by atoms with Crippen molar-refractivity contribution in [2.24, 2.45) is 0 Å². The molecule has 0 unspecified atom stereocenters. The van der Waals surface area contributed by atoms with Crippen molar-refractivity contribution >= 4 is 28.0 Å². The van der Waals surface area contributed by atoms with Crippen LogP contribution in [0.3, 0.4) is 0 Å². The van der Waals surface area contributed by atoms with Crippen LogP contribution in [0, 0.1) is 19.3 Å². The lowest BCUT2D eigenvalue weighted by Gasteiger charge is -2.04. The van der Waals surface area contributed by atoms with Gasteiger partial charge in [0.25, 0.3) is 0 Å². The van der Waals surface area contributed by atoms with Crippen molar-refractivity contribution in [1.29, 1.82) is 5.41 Å². The minimum atomic E-state index is 0.0951. The topological polar surface area (TPSA) is 85.3 Å². The molecule has 0 saturated carbocycles. The molecule has 0 radical (unpaired) electrons. The Labute approximate surface area is 125 Å². The number of hydrogen-bond donors (Lipinski definition) is 1. The molecule has 0 aliphatic heterocycles. The van der Waals surface area contributed by atoms with Gasteiger partial charge >= 0.3 is 0 Å². The standard InChI is InChI=1S/C15H13N7/c1-9-3-5-13-11(7-9)17-19-21(13)15(16)22-14-6-4-10(2)8-12(14)18-20-22/h3-8,16H,1-2H3. The van der Waals surface area contributed by atoms with E-state index >= 15 is 0 Å². The van der Waals surface area contributed by atoms with Crippen LogP contribution in [-0.4, -0.2) is 35.9 Å². The Hall–Kier alpha value is -3.09. The molecule has 22 heavy (non-hydrogen) atoms. The maximum Gasteiger partial charge on any atom is 0.248 e. The fraction of sp³-hybridized carbons (Fsp3) is 0.133. The Morgan fingerprint density at radius 1 is 0.818 bits per heavy atom. The first-order valence-corrected chi connectivity index (χ1v) is 6.87. The second-order valence-electron chi connectivity index (χ2n) is 5.31. The Balaban J connectivity index is 1.88. The highest BCUT2D eigenvalue weighted by Gasteiger charge is 2.14. The van der Waals surface area contributed by atoms with Gasteiger partial charge in [-0.05, 0) is 49.2 Å². The number of nitrogens with one attached hydrogen (secondary N) is 1. The summed E-state index contributed by atoms with van der Waals surface area (Å²) in [6.45, 7) is 3.99. The van der Waals surface area contributed by atoms with E-state index in [4.69, 9.17) is 5.41 Å². The monoisotopic (exact) mass is 291 g/mol. The van der Waals surface area contributed by atoms with Gasteiger partial charge in [0.2, 0.25) is 5.96 Å². The molecule has 0 bridgehead atoms. The zero-order valence-electron chi connectivity index (χ0n) is 12.1. The zero-order chi connectivity index (χ0) is 15.3. The van der Waals surface area contributed by atoms with Crippen LogP contribution in [0.2, 0.25) is 0 Å².